The molecule has 0 aliphatic rings. The maximum absolute atomic E-state index is 13.0. The van der Waals surface area contributed by atoms with E-state index in [1.54, 1.807) is 42.4 Å². The number of amides is 1. The van der Waals surface area contributed by atoms with Gasteiger partial charge in [-0.05, 0) is 43.7 Å². The van der Waals surface area contributed by atoms with Gasteiger partial charge in [-0.15, -0.1) is 11.8 Å². The van der Waals surface area contributed by atoms with Gasteiger partial charge in [0.15, 0.2) is 0 Å². The maximum Gasteiger partial charge on any atom is 0.256 e. The number of rotatable bonds is 6. The van der Waals surface area contributed by atoms with E-state index < -0.39 is 0 Å². The molecule has 3 aromatic rings. The van der Waals surface area contributed by atoms with Crippen molar-refractivity contribution in [1.29, 1.82) is 0 Å². The summed E-state index contributed by atoms with van der Waals surface area (Å²) in [7, 11) is 1.75. The van der Waals surface area contributed by atoms with Crippen LogP contribution >= 0.6 is 11.8 Å². The van der Waals surface area contributed by atoms with Crippen molar-refractivity contribution >= 4 is 17.7 Å². The van der Waals surface area contributed by atoms with E-state index in [2.05, 4.69) is 10.1 Å². The fourth-order valence-electron chi connectivity index (χ4n) is 2.64. The van der Waals surface area contributed by atoms with Crippen LogP contribution in [0.5, 0.6) is 0 Å². The number of nitrogens with zero attached hydrogens (tertiary/aromatic N) is 3. The molecule has 0 aliphatic heterocycles. The van der Waals surface area contributed by atoms with E-state index in [0.29, 0.717) is 28.6 Å². The topological polar surface area (TPSA) is 59.2 Å². The molecule has 0 atom stereocenters. The summed E-state index contributed by atoms with van der Waals surface area (Å²) in [6, 6.07) is 9.84. The predicted molar refractivity (Wildman–Crippen MR) is 102 cm³/mol. The summed E-state index contributed by atoms with van der Waals surface area (Å²) in [4.78, 5) is 18.9. The predicted octanol–water partition coefficient (Wildman–Crippen LogP) is 4.39. The molecule has 1 aromatic carbocycles. The third-order valence-corrected chi connectivity index (χ3v) is 5.29. The Morgan fingerprint density at radius 3 is 2.63 bits per heavy atom. The van der Waals surface area contributed by atoms with Crippen molar-refractivity contribution in [2.45, 2.75) is 31.2 Å². The summed E-state index contributed by atoms with van der Waals surface area (Å²) in [5.74, 6) is 0.929. The van der Waals surface area contributed by atoms with Crippen LogP contribution in [0.25, 0.3) is 0 Å². The number of aromatic nitrogens is 2. The number of hydrogen-bond donors (Lipinski definition) is 0. The summed E-state index contributed by atoms with van der Waals surface area (Å²) < 4.78 is 18.2. The van der Waals surface area contributed by atoms with Crippen LogP contribution in [0.3, 0.4) is 0 Å². The molecule has 0 aliphatic carbocycles. The Balaban J connectivity index is 1.74. The minimum atomic E-state index is -0.265. The number of thioether (sulfide) groups is 1. The van der Waals surface area contributed by atoms with E-state index in [-0.39, 0.29) is 11.7 Å². The largest absolute Gasteiger partial charge is 0.361 e. The van der Waals surface area contributed by atoms with E-state index in [1.165, 1.54) is 23.9 Å². The fraction of sp³-hybridized carbons (Fsp3) is 0.250. The van der Waals surface area contributed by atoms with Crippen LogP contribution in [0.4, 0.5) is 4.39 Å². The van der Waals surface area contributed by atoms with Crippen LogP contribution in [0.2, 0.25) is 0 Å². The normalized spacial score (nSPS) is 10.8. The standard InChI is InChI=1S/C20H20FN3O2S/c1-13-18(14(2)26-23-13)11-24(3)20(25)17-5-4-10-22-19(17)27-12-15-6-8-16(21)9-7-15/h4-10H,11-12H2,1-3H3. The molecule has 0 unspecified atom stereocenters. The summed E-state index contributed by atoms with van der Waals surface area (Å²) in [6.07, 6.45) is 1.66. The zero-order valence-electron chi connectivity index (χ0n) is 15.4. The first-order valence-corrected chi connectivity index (χ1v) is 9.43. The van der Waals surface area contributed by atoms with Gasteiger partial charge in [0.25, 0.3) is 5.91 Å². The highest BCUT2D eigenvalue weighted by atomic mass is 32.2. The summed E-state index contributed by atoms with van der Waals surface area (Å²) in [6.45, 7) is 4.11. The molecule has 0 bridgehead atoms. The minimum Gasteiger partial charge on any atom is -0.361 e. The third kappa shape index (κ3) is 4.54. The first kappa shape index (κ1) is 19.1. The van der Waals surface area contributed by atoms with Gasteiger partial charge in [-0.2, -0.15) is 0 Å². The lowest BCUT2D eigenvalue weighted by Gasteiger charge is -2.18. The molecule has 0 radical (unpaired) electrons. The van der Waals surface area contributed by atoms with E-state index in [1.807, 2.05) is 13.8 Å². The Morgan fingerprint density at radius 1 is 1.22 bits per heavy atom. The molecule has 2 heterocycles. The van der Waals surface area contributed by atoms with Crippen LogP contribution in [0.15, 0.2) is 52.1 Å². The van der Waals surface area contributed by atoms with Gasteiger partial charge >= 0.3 is 0 Å². The van der Waals surface area contributed by atoms with Crippen molar-refractivity contribution in [3.8, 4) is 0 Å². The van der Waals surface area contributed by atoms with Gasteiger partial charge in [-0.25, -0.2) is 9.37 Å². The van der Waals surface area contributed by atoms with Crippen LogP contribution < -0.4 is 0 Å². The van der Waals surface area contributed by atoms with Crippen molar-refractivity contribution in [2.75, 3.05) is 7.05 Å². The summed E-state index contributed by atoms with van der Waals surface area (Å²) in [5.41, 5.74) is 3.20. The number of carbonyl (C=O) groups excluding carboxylic acids is 1. The van der Waals surface area contributed by atoms with Crippen molar-refractivity contribution < 1.29 is 13.7 Å². The lowest BCUT2D eigenvalue weighted by atomic mass is 10.2. The maximum atomic E-state index is 13.0. The van der Waals surface area contributed by atoms with Crippen molar-refractivity contribution in [3.63, 3.8) is 0 Å². The second-order valence-electron chi connectivity index (χ2n) is 6.24. The van der Waals surface area contributed by atoms with Gasteiger partial charge in [0.2, 0.25) is 0 Å². The van der Waals surface area contributed by atoms with E-state index in [4.69, 9.17) is 4.52 Å². The van der Waals surface area contributed by atoms with Gasteiger partial charge in [0, 0.05) is 24.6 Å². The third-order valence-electron chi connectivity index (χ3n) is 4.21. The molecule has 3 rings (SSSR count). The molecule has 0 N–H and O–H groups in total. The lowest BCUT2D eigenvalue weighted by Crippen LogP contribution is -2.27. The molecule has 1 amide bonds. The molecule has 0 fully saturated rings. The first-order valence-electron chi connectivity index (χ1n) is 8.45. The fourth-order valence-corrected chi connectivity index (χ4v) is 3.59. The summed E-state index contributed by atoms with van der Waals surface area (Å²) >= 11 is 1.45. The van der Waals surface area contributed by atoms with E-state index in [0.717, 1.165) is 16.8 Å². The SMILES string of the molecule is Cc1noc(C)c1CN(C)C(=O)c1cccnc1SCc1ccc(F)cc1. The highest BCUT2D eigenvalue weighted by Crippen LogP contribution is 2.26. The minimum absolute atomic E-state index is 0.121. The number of aryl methyl sites for hydroxylation is 2. The van der Waals surface area contributed by atoms with Gasteiger partial charge in [-0.3, -0.25) is 4.79 Å². The molecule has 0 spiro atoms. The highest BCUT2D eigenvalue weighted by Gasteiger charge is 2.20. The highest BCUT2D eigenvalue weighted by molar-refractivity contribution is 7.98. The zero-order valence-corrected chi connectivity index (χ0v) is 16.2. The number of pyridine rings is 1. The Kier molecular flexibility index (Phi) is 5.91. The quantitative estimate of drug-likeness (QED) is 0.589. The number of hydrogen-bond acceptors (Lipinski definition) is 5. The molecular formula is C20H20FN3O2S. The number of benzene rings is 1. The Bertz CT molecular complexity index is 921. The van der Waals surface area contributed by atoms with Crippen LogP contribution in [-0.4, -0.2) is 28.0 Å². The zero-order chi connectivity index (χ0) is 19.4. The second-order valence-corrected chi connectivity index (χ2v) is 7.20. The molecule has 27 heavy (non-hydrogen) atoms. The van der Waals surface area contributed by atoms with Crippen LogP contribution in [-0.2, 0) is 12.3 Å². The van der Waals surface area contributed by atoms with Gasteiger partial charge in [0.05, 0.1) is 17.8 Å². The van der Waals surface area contributed by atoms with Crippen molar-refractivity contribution in [3.05, 3.63) is 76.6 Å². The monoisotopic (exact) mass is 385 g/mol. The van der Waals surface area contributed by atoms with Crippen LogP contribution in [0, 0.1) is 19.7 Å². The Morgan fingerprint density at radius 2 is 1.96 bits per heavy atom. The van der Waals surface area contributed by atoms with Gasteiger partial charge in [0.1, 0.15) is 16.6 Å². The molecule has 2 aromatic heterocycles. The molecule has 0 saturated heterocycles. The molecular weight excluding hydrogens is 365 g/mol. The Labute approximate surface area is 161 Å². The van der Waals surface area contributed by atoms with Gasteiger partial charge in [-0.1, -0.05) is 17.3 Å². The number of halogens is 1. The Hall–Kier alpha value is -2.67. The van der Waals surface area contributed by atoms with E-state index in [9.17, 15) is 9.18 Å². The number of carbonyl (C=O) groups is 1. The van der Waals surface area contributed by atoms with E-state index >= 15 is 0 Å². The molecule has 140 valence electrons. The smallest absolute Gasteiger partial charge is 0.256 e. The van der Waals surface area contributed by atoms with Gasteiger partial charge < -0.3 is 9.42 Å². The average Bonchev–Trinajstić information content (AvgIpc) is 2.99. The molecule has 0 saturated carbocycles. The van der Waals surface area contributed by atoms with Crippen molar-refractivity contribution in [2.24, 2.45) is 0 Å². The molecule has 7 heteroatoms. The average molecular weight is 385 g/mol. The molecule has 5 nitrogen and oxygen atoms in total. The van der Waals surface area contributed by atoms with Crippen molar-refractivity contribution in [1.82, 2.24) is 15.0 Å². The summed E-state index contributed by atoms with van der Waals surface area (Å²) in [5, 5.41) is 4.58. The lowest BCUT2D eigenvalue weighted by molar-refractivity contribution is 0.0780. The van der Waals surface area contributed by atoms with Crippen LogP contribution in [0.1, 0.15) is 32.9 Å². The first-order chi connectivity index (χ1) is 13.0. The second kappa shape index (κ2) is 8.35.